The van der Waals surface area contributed by atoms with Gasteiger partial charge in [-0.1, -0.05) is 0 Å². The first-order chi connectivity index (χ1) is 11.0. The van der Waals surface area contributed by atoms with Crippen LogP contribution < -0.4 is 15.0 Å². The molecule has 1 N–H and O–H groups in total. The van der Waals surface area contributed by atoms with E-state index in [-0.39, 0.29) is 5.91 Å². The van der Waals surface area contributed by atoms with Crippen molar-refractivity contribution in [3.63, 3.8) is 0 Å². The number of benzene rings is 1. The van der Waals surface area contributed by atoms with E-state index in [1.807, 2.05) is 31.1 Å². The van der Waals surface area contributed by atoms with E-state index in [0.29, 0.717) is 17.1 Å². The minimum Gasteiger partial charge on any atom is -0.481 e. The zero-order chi connectivity index (χ0) is 16.8. The number of nitrogens with zero attached hydrogens (tertiary/aromatic N) is 3. The van der Waals surface area contributed by atoms with Gasteiger partial charge in [0.05, 0.1) is 23.5 Å². The van der Waals surface area contributed by atoms with Crippen LogP contribution in [0.15, 0.2) is 42.6 Å². The van der Waals surface area contributed by atoms with Crippen molar-refractivity contribution in [3.05, 3.63) is 48.2 Å². The molecule has 0 bridgehead atoms. The predicted octanol–water partition coefficient (Wildman–Crippen LogP) is 2.43. The molecule has 23 heavy (non-hydrogen) atoms. The molecule has 0 aliphatic carbocycles. The van der Waals surface area contributed by atoms with Gasteiger partial charge in [-0.25, -0.2) is 4.98 Å². The van der Waals surface area contributed by atoms with Crippen molar-refractivity contribution in [1.82, 2.24) is 4.98 Å². The minimum absolute atomic E-state index is 0.292. The van der Waals surface area contributed by atoms with Crippen LogP contribution in [0.1, 0.15) is 12.5 Å². The molecule has 0 unspecified atom stereocenters. The Labute approximate surface area is 135 Å². The van der Waals surface area contributed by atoms with E-state index in [1.54, 1.807) is 43.5 Å². The molecule has 1 heterocycles. The number of rotatable bonds is 5. The maximum absolute atomic E-state index is 12.1. The first-order valence-electron chi connectivity index (χ1n) is 7.10. The van der Waals surface area contributed by atoms with Gasteiger partial charge in [0, 0.05) is 14.1 Å². The average Bonchev–Trinajstić information content (AvgIpc) is 2.56. The number of amides is 1. The van der Waals surface area contributed by atoms with Gasteiger partial charge in [-0.3, -0.25) is 4.79 Å². The maximum atomic E-state index is 12.1. The molecule has 2 rings (SSSR count). The van der Waals surface area contributed by atoms with Crippen molar-refractivity contribution < 1.29 is 9.53 Å². The second-order valence-corrected chi connectivity index (χ2v) is 5.18. The van der Waals surface area contributed by atoms with E-state index in [4.69, 9.17) is 10.00 Å². The summed E-state index contributed by atoms with van der Waals surface area (Å²) in [6.45, 7) is 1.65. The van der Waals surface area contributed by atoms with Crippen LogP contribution in [-0.2, 0) is 4.79 Å². The molecule has 0 aliphatic rings. The van der Waals surface area contributed by atoms with E-state index in [1.165, 1.54) is 0 Å². The van der Waals surface area contributed by atoms with Gasteiger partial charge in [0.25, 0.3) is 5.91 Å². The fourth-order valence-corrected chi connectivity index (χ4v) is 1.82. The summed E-state index contributed by atoms with van der Waals surface area (Å²) in [5.41, 5.74) is 1.49. The van der Waals surface area contributed by atoms with Crippen LogP contribution in [0.25, 0.3) is 0 Å². The number of anilines is 2. The fraction of sp³-hybridized carbons (Fsp3) is 0.235. The van der Waals surface area contributed by atoms with Crippen molar-refractivity contribution in [2.75, 3.05) is 24.3 Å². The highest BCUT2D eigenvalue weighted by molar-refractivity contribution is 5.93. The SMILES string of the molecule is C[C@H](Oc1ccc(C#N)cc1)C(=O)Nc1ccc(N(C)C)cn1. The van der Waals surface area contributed by atoms with E-state index in [0.717, 1.165) is 5.69 Å². The number of ether oxygens (including phenoxy) is 1. The van der Waals surface area contributed by atoms with Gasteiger partial charge in [0.2, 0.25) is 0 Å². The lowest BCUT2D eigenvalue weighted by molar-refractivity contribution is -0.122. The molecule has 1 amide bonds. The molecule has 6 heteroatoms. The zero-order valence-corrected chi connectivity index (χ0v) is 13.3. The maximum Gasteiger partial charge on any atom is 0.266 e. The Morgan fingerprint density at radius 3 is 2.48 bits per heavy atom. The van der Waals surface area contributed by atoms with E-state index in [2.05, 4.69) is 10.3 Å². The molecule has 6 nitrogen and oxygen atoms in total. The Morgan fingerprint density at radius 2 is 1.96 bits per heavy atom. The molecule has 0 spiro atoms. The van der Waals surface area contributed by atoms with Crippen LogP contribution in [0.4, 0.5) is 11.5 Å². The van der Waals surface area contributed by atoms with Crippen molar-refractivity contribution in [2.24, 2.45) is 0 Å². The van der Waals surface area contributed by atoms with Crippen LogP contribution in [0, 0.1) is 11.3 Å². The topological polar surface area (TPSA) is 78.2 Å². The predicted molar refractivity (Wildman–Crippen MR) is 88.4 cm³/mol. The van der Waals surface area contributed by atoms with Gasteiger partial charge in [-0.2, -0.15) is 5.26 Å². The van der Waals surface area contributed by atoms with Crippen LogP contribution in [0.5, 0.6) is 5.75 Å². The highest BCUT2D eigenvalue weighted by Gasteiger charge is 2.15. The number of nitriles is 1. The molecule has 0 saturated carbocycles. The highest BCUT2D eigenvalue weighted by atomic mass is 16.5. The van der Waals surface area contributed by atoms with Crippen molar-refractivity contribution in [2.45, 2.75) is 13.0 Å². The molecular formula is C17H18N4O2. The quantitative estimate of drug-likeness (QED) is 0.917. The first-order valence-corrected chi connectivity index (χ1v) is 7.10. The van der Waals surface area contributed by atoms with Crippen LogP contribution >= 0.6 is 0 Å². The molecule has 0 radical (unpaired) electrons. The lowest BCUT2D eigenvalue weighted by Gasteiger charge is -2.15. The first kappa shape index (κ1) is 16.3. The summed E-state index contributed by atoms with van der Waals surface area (Å²) in [7, 11) is 3.84. The van der Waals surface area contributed by atoms with Gasteiger partial charge in [0.15, 0.2) is 6.10 Å². The summed E-state index contributed by atoms with van der Waals surface area (Å²) in [5, 5.41) is 11.5. The number of carbonyl (C=O) groups is 1. The molecule has 0 saturated heterocycles. The summed E-state index contributed by atoms with van der Waals surface area (Å²) in [5.74, 6) is 0.706. The number of hydrogen-bond donors (Lipinski definition) is 1. The monoisotopic (exact) mass is 310 g/mol. The van der Waals surface area contributed by atoms with Gasteiger partial charge < -0.3 is 15.0 Å². The Kier molecular flexibility index (Phi) is 5.15. The number of nitrogens with one attached hydrogen (secondary N) is 1. The molecule has 0 aliphatic heterocycles. The van der Waals surface area contributed by atoms with Gasteiger partial charge in [0.1, 0.15) is 11.6 Å². The summed E-state index contributed by atoms with van der Waals surface area (Å²) in [6, 6.07) is 12.2. The van der Waals surface area contributed by atoms with Gasteiger partial charge in [-0.05, 0) is 43.3 Å². The van der Waals surface area contributed by atoms with Gasteiger partial charge >= 0.3 is 0 Å². The van der Waals surface area contributed by atoms with Crippen LogP contribution in [0.3, 0.4) is 0 Å². The fourth-order valence-electron chi connectivity index (χ4n) is 1.82. The smallest absolute Gasteiger partial charge is 0.266 e. The van der Waals surface area contributed by atoms with Crippen molar-refractivity contribution >= 4 is 17.4 Å². The number of carbonyl (C=O) groups excluding carboxylic acids is 1. The number of pyridine rings is 1. The average molecular weight is 310 g/mol. The third kappa shape index (κ3) is 4.45. The lowest BCUT2D eigenvalue weighted by Crippen LogP contribution is -2.30. The van der Waals surface area contributed by atoms with Crippen molar-refractivity contribution in [1.29, 1.82) is 5.26 Å². The normalized spacial score (nSPS) is 11.2. The molecule has 1 aromatic carbocycles. The van der Waals surface area contributed by atoms with Crippen LogP contribution in [-0.4, -0.2) is 31.1 Å². The number of aromatic nitrogens is 1. The molecule has 1 aromatic heterocycles. The molecule has 1 atom stereocenters. The van der Waals surface area contributed by atoms with E-state index < -0.39 is 6.10 Å². The summed E-state index contributed by atoms with van der Waals surface area (Å²) < 4.78 is 5.55. The Balaban J connectivity index is 1.95. The largest absolute Gasteiger partial charge is 0.481 e. The Morgan fingerprint density at radius 1 is 1.26 bits per heavy atom. The second kappa shape index (κ2) is 7.27. The van der Waals surface area contributed by atoms with E-state index >= 15 is 0 Å². The van der Waals surface area contributed by atoms with E-state index in [9.17, 15) is 4.79 Å². The molecule has 118 valence electrons. The third-order valence-electron chi connectivity index (χ3n) is 3.18. The number of hydrogen-bond acceptors (Lipinski definition) is 5. The van der Waals surface area contributed by atoms with Gasteiger partial charge in [-0.15, -0.1) is 0 Å². The standard InChI is InChI=1S/C17H18N4O2/c1-12(23-15-7-4-13(10-18)5-8-15)17(22)20-16-9-6-14(11-19-16)21(2)3/h4-9,11-12H,1-3H3,(H,19,20,22)/t12-/m0/s1. The Bertz CT molecular complexity index is 703. The second-order valence-electron chi connectivity index (χ2n) is 5.18. The molecule has 2 aromatic rings. The molecule has 0 fully saturated rings. The zero-order valence-electron chi connectivity index (χ0n) is 13.3. The summed E-state index contributed by atoms with van der Waals surface area (Å²) in [6.07, 6.45) is 1.00. The summed E-state index contributed by atoms with van der Waals surface area (Å²) in [4.78, 5) is 18.2. The third-order valence-corrected chi connectivity index (χ3v) is 3.18. The highest BCUT2D eigenvalue weighted by Crippen LogP contribution is 2.15. The van der Waals surface area contributed by atoms with Crippen molar-refractivity contribution in [3.8, 4) is 11.8 Å². The minimum atomic E-state index is -0.682. The van der Waals surface area contributed by atoms with Crippen LogP contribution in [0.2, 0.25) is 0 Å². The lowest BCUT2D eigenvalue weighted by atomic mass is 10.2. The Hall–Kier alpha value is -3.07. The summed E-state index contributed by atoms with van der Waals surface area (Å²) >= 11 is 0. The molecular weight excluding hydrogens is 292 g/mol.